The van der Waals surface area contributed by atoms with Crippen LogP contribution in [0.3, 0.4) is 0 Å². The predicted molar refractivity (Wildman–Crippen MR) is 115 cm³/mol. The fourth-order valence-corrected chi connectivity index (χ4v) is 3.08. The molecule has 8 nitrogen and oxygen atoms in total. The number of benzene rings is 2. The van der Waals surface area contributed by atoms with Gasteiger partial charge in [0, 0.05) is 30.4 Å². The zero-order valence-electron chi connectivity index (χ0n) is 17.3. The number of fused-ring (bicyclic) bond motifs is 1. The number of hydrogen-bond donors (Lipinski definition) is 2. The second-order valence-electron chi connectivity index (χ2n) is 7.33. The third-order valence-corrected chi connectivity index (χ3v) is 4.67. The molecule has 0 aromatic heterocycles. The van der Waals surface area contributed by atoms with Gasteiger partial charge in [-0.3, -0.25) is 14.4 Å². The lowest BCUT2D eigenvalue weighted by Crippen LogP contribution is -2.46. The van der Waals surface area contributed by atoms with Crippen molar-refractivity contribution in [2.45, 2.75) is 13.0 Å². The van der Waals surface area contributed by atoms with Gasteiger partial charge in [-0.15, -0.1) is 0 Å². The Morgan fingerprint density at radius 3 is 2.57 bits per heavy atom. The van der Waals surface area contributed by atoms with E-state index < -0.39 is 6.10 Å². The normalized spacial score (nSPS) is 15.4. The fraction of sp³-hybridized carbons (Fsp3) is 0.318. The topological polar surface area (TPSA) is 91.0 Å². The number of hydrogen-bond acceptors (Lipinski definition) is 5. The number of carbonyl (C=O) groups excluding carboxylic acids is 3. The minimum Gasteiger partial charge on any atom is -0.479 e. The Balaban J connectivity index is 1.64. The van der Waals surface area contributed by atoms with Crippen molar-refractivity contribution >= 4 is 29.1 Å². The maximum atomic E-state index is 12.5. The highest BCUT2D eigenvalue weighted by Gasteiger charge is 2.31. The molecule has 2 aromatic carbocycles. The van der Waals surface area contributed by atoms with E-state index in [0.717, 1.165) is 6.54 Å². The van der Waals surface area contributed by atoms with Crippen molar-refractivity contribution in [3.8, 4) is 5.75 Å². The summed E-state index contributed by atoms with van der Waals surface area (Å²) < 4.78 is 5.73. The van der Waals surface area contributed by atoms with Crippen LogP contribution in [0.2, 0.25) is 0 Å². The van der Waals surface area contributed by atoms with E-state index in [1.165, 1.54) is 0 Å². The van der Waals surface area contributed by atoms with Crippen LogP contribution in [-0.2, 0) is 9.59 Å². The van der Waals surface area contributed by atoms with Crippen LogP contribution < -0.4 is 20.3 Å². The Labute approximate surface area is 175 Å². The molecule has 30 heavy (non-hydrogen) atoms. The Kier molecular flexibility index (Phi) is 6.68. The third kappa shape index (κ3) is 5.15. The molecule has 0 fully saturated rings. The summed E-state index contributed by atoms with van der Waals surface area (Å²) in [6.45, 7) is 2.81. The Morgan fingerprint density at radius 1 is 1.13 bits per heavy atom. The molecule has 0 aliphatic carbocycles. The van der Waals surface area contributed by atoms with Crippen molar-refractivity contribution in [1.29, 1.82) is 0 Å². The predicted octanol–water partition coefficient (Wildman–Crippen LogP) is 1.73. The molecule has 0 spiro atoms. The van der Waals surface area contributed by atoms with Crippen molar-refractivity contribution in [3.05, 3.63) is 54.1 Å². The smallest absolute Gasteiger partial charge is 0.267 e. The van der Waals surface area contributed by atoms with Crippen molar-refractivity contribution in [2.24, 2.45) is 0 Å². The first-order valence-electron chi connectivity index (χ1n) is 9.75. The van der Waals surface area contributed by atoms with Gasteiger partial charge in [0.1, 0.15) is 5.75 Å². The van der Waals surface area contributed by atoms with Gasteiger partial charge in [0.25, 0.3) is 11.8 Å². The van der Waals surface area contributed by atoms with E-state index >= 15 is 0 Å². The summed E-state index contributed by atoms with van der Waals surface area (Å²) >= 11 is 0. The van der Waals surface area contributed by atoms with Crippen LogP contribution in [0, 0.1) is 0 Å². The zero-order chi connectivity index (χ0) is 21.7. The van der Waals surface area contributed by atoms with Gasteiger partial charge in [0.2, 0.25) is 5.91 Å². The quantitative estimate of drug-likeness (QED) is 0.726. The molecular weight excluding hydrogens is 384 g/mol. The van der Waals surface area contributed by atoms with Crippen LogP contribution in [0.1, 0.15) is 17.3 Å². The minimum absolute atomic E-state index is 0.0928. The lowest BCUT2D eigenvalue weighted by atomic mass is 10.1. The Hall–Kier alpha value is -3.39. The minimum atomic E-state index is -0.601. The van der Waals surface area contributed by atoms with Crippen LogP contribution in [0.15, 0.2) is 48.5 Å². The number of carbonyl (C=O) groups is 3. The summed E-state index contributed by atoms with van der Waals surface area (Å²) in [5.41, 5.74) is 1.70. The van der Waals surface area contributed by atoms with E-state index in [0.29, 0.717) is 29.2 Å². The van der Waals surface area contributed by atoms with E-state index in [1.807, 2.05) is 25.1 Å². The largest absolute Gasteiger partial charge is 0.479 e. The van der Waals surface area contributed by atoms with E-state index in [1.54, 1.807) is 54.3 Å². The average Bonchev–Trinajstić information content (AvgIpc) is 2.73. The van der Waals surface area contributed by atoms with Gasteiger partial charge in [-0.05, 0) is 45.3 Å². The SMILES string of the molecule is CC1Oc2cc(NC(=O)CNC(=O)c3ccccc3)ccc2N(CCN(C)C)C1=O. The molecule has 158 valence electrons. The molecular formula is C22H26N4O4. The molecule has 2 N–H and O–H groups in total. The van der Waals surface area contributed by atoms with E-state index in [2.05, 4.69) is 10.6 Å². The van der Waals surface area contributed by atoms with Crippen LogP contribution in [0.25, 0.3) is 0 Å². The molecule has 1 unspecified atom stereocenters. The summed E-state index contributed by atoms with van der Waals surface area (Å²) in [6.07, 6.45) is -0.601. The van der Waals surface area contributed by atoms with Gasteiger partial charge in [0.05, 0.1) is 12.2 Å². The third-order valence-electron chi connectivity index (χ3n) is 4.67. The van der Waals surface area contributed by atoms with Crippen LogP contribution in [0.5, 0.6) is 5.75 Å². The van der Waals surface area contributed by atoms with E-state index in [-0.39, 0.29) is 24.3 Å². The average molecular weight is 410 g/mol. The number of rotatable bonds is 7. The molecule has 1 atom stereocenters. The highest BCUT2D eigenvalue weighted by molar-refractivity contribution is 6.01. The highest BCUT2D eigenvalue weighted by atomic mass is 16.5. The Morgan fingerprint density at radius 2 is 1.87 bits per heavy atom. The van der Waals surface area contributed by atoms with Gasteiger partial charge in [-0.2, -0.15) is 0 Å². The molecule has 2 aromatic rings. The van der Waals surface area contributed by atoms with E-state index in [4.69, 9.17) is 4.74 Å². The van der Waals surface area contributed by atoms with Gasteiger partial charge >= 0.3 is 0 Å². The second-order valence-corrected chi connectivity index (χ2v) is 7.33. The van der Waals surface area contributed by atoms with E-state index in [9.17, 15) is 14.4 Å². The number of nitrogens with one attached hydrogen (secondary N) is 2. The number of anilines is 2. The molecule has 0 bridgehead atoms. The van der Waals surface area contributed by atoms with Gasteiger partial charge in [0.15, 0.2) is 6.10 Å². The number of ether oxygens (including phenoxy) is 1. The number of amides is 3. The maximum absolute atomic E-state index is 12.5. The molecule has 0 radical (unpaired) electrons. The first-order chi connectivity index (χ1) is 14.3. The molecule has 1 heterocycles. The molecule has 1 aliphatic heterocycles. The van der Waals surface area contributed by atoms with Gasteiger partial charge in [-0.1, -0.05) is 18.2 Å². The van der Waals surface area contributed by atoms with Crippen molar-refractivity contribution in [3.63, 3.8) is 0 Å². The van der Waals surface area contributed by atoms with Crippen LogP contribution in [-0.4, -0.2) is 62.5 Å². The first kappa shape index (κ1) is 21.3. The molecule has 0 saturated heterocycles. The first-order valence-corrected chi connectivity index (χ1v) is 9.75. The maximum Gasteiger partial charge on any atom is 0.267 e. The van der Waals surface area contributed by atoms with Gasteiger partial charge < -0.3 is 25.2 Å². The number of nitrogens with zero attached hydrogens (tertiary/aromatic N) is 2. The van der Waals surface area contributed by atoms with Crippen molar-refractivity contribution in [2.75, 3.05) is 43.9 Å². The molecule has 3 amide bonds. The summed E-state index contributed by atoms with van der Waals surface area (Å²) in [7, 11) is 3.90. The lowest BCUT2D eigenvalue weighted by molar-refractivity contribution is -0.125. The van der Waals surface area contributed by atoms with Gasteiger partial charge in [-0.25, -0.2) is 0 Å². The Bertz CT molecular complexity index is 930. The fourth-order valence-electron chi connectivity index (χ4n) is 3.08. The molecule has 3 rings (SSSR count). The van der Waals surface area contributed by atoms with Crippen LogP contribution in [0.4, 0.5) is 11.4 Å². The summed E-state index contributed by atoms with van der Waals surface area (Å²) in [4.78, 5) is 40.5. The standard InChI is InChI=1S/C22H26N4O4/c1-15-22(29)26(12-11-25(2)3)18-10-9-17(13-19(18)30-15)24-20(27)14-23-21(28)16-7-5-4-6-8-16/h4-10,13,15H,11-12,14H2,1-3H3,(H,23,28)(H,24,27). The molecule has 1 aliphatic rings. The summed E-state index contributed by atoms with van der Waals surface area (Å²) in [6, 6.07) is 13.9. The van der Waals surface area contributed by atoms with Crippen LogP contribution >= 0.6 is 0 Å². The zero-order valence-corrected chi connectivity index (χ0v) is 17.3. The summed E-state index contributed by atoms with van der Waals surface area (Å²) in [5.74, 6) is -0.233. The monoisotopic (exact) mass is 410 g/mol. The lowest BCUT2D eigenvalue weighted by Gasteiger charge is -2.34. The van der Waals surface area contributed by atoms with Crippen molar-refractivity contribution < 1.29 is 19.1 Å². The molecule has 8 heteroatoms. The number of likely N-dealkylation sites (N-methyl/N-ethyl adjacent to an activating group) is 1. The molecule has 0 saturated carbocycles. The highest BCUT2D eigenvalue weighted by Crippen LogP contribution is 2.36. The second kappa shape index (κ2) is 9.41. The summed E-state index contributed by atoms with van der Waals surface area (Å²) in [5, 5.41) is 5.33. The van der Waals surface area contributed by atoms with Crippen molar-refractivity contribution in [1.82, 2.24) is 10.2 Å².